The molecule has 3 aliphatic rings. The lowest BCUT2D eigenvalue weighted by Crippen LogP contribution is -2.52. The number of carbonyl (C=O) groups is 5. The Kier molecular flexibility index (Phi) is 9.12. The number of amides is 5. The van der Waals surface area contributed by atoms with E-state index in [0.29, 0.717) is 30.4 Å². The van der Waals surface area contributed by atoms with E-state index in [0.717, 1.165) is 58.5 Å². The van der Waals surface area contributed by atoms with Gasteiger partial charge in [-0.2, -0.15) is 0 Å². The molecule has 1 atom stereocenters. The summed E-state index contributed by atoms with van der Waals surface area (Å²) in [7, 11) is 0. The predicted octanol–water partition coefficient (Wildman–Crippen LogP) is 3.11. The second kappa shape index (κ2) is 14.3. The number of nitrogens with one attached hydrogen (secondary N) is 3. The number of hydrogen-bond acceptors (Lipinski definition) is 9. The number of hydrogen-bond donors (Lipinski definition) is 3. The summed E-state index contributed by atoms with van der Waals surface area (Å²) in [6, 6.07) is 15.5. The van der Waals surface area contributed by atoms with Gasteiger partial charge in [-0.25, -0.2) is 9.97 Å². The van der Waals surface area contributed by atoms with Crippen molar-refractivity contribution < 1.29 is 24.0 Å². The van der Waals surface area contributed by atoms with Crippen molar-refractivity contribution in [1.29, 1.82) is 0 Å². The molecular weight excluding hydrogens is 686 g/mol. The van der Waals surface area contributed by atoms with Crippen molar-refractivity contribution in [2.45, 2.75) is 57.7 Å². The van der Waals surface area contributed by atoms with Gasteiger partial charge in [0.15, 0.2) is 0 Å². The van der Waals surface area contributed by atoms with Gasteiger partial charge in [0.1, 0.15) is 28.9 Å². The molecule has 5 amide bonds. The summed E-state index contributed by atoms with van der Waals surface area (Å²) in [5.41, 5.74) is 5.01. The molecule has 14 heteroatoms. The van der Waals surface area contributed by atoms with E-state index >= 15 is 0 Å². The summed E-state index contributed by atoms with van der Waals surface area (Å²) in [6.45, 7) is 3.60. The fourth-order valence-corrected chi connectivity index (χ4v) is 6.79. The Bertz CT molecular complexity index is 2420. The molecule has 270 valence electrons. The van der Waals surface area contributed by atoms with Crippen molar-refractivity contribution in [2.24, 2.45) is 0 Å². The highest BCUT2D eigenvalue weighted by molar-refractivity contribution is 6.03. The molecule has 1 unspecified atom stereocenters. The Balaban J connectivity index is 0.920. The average Bonchev–Trinajstić information content (AvgIpc) is 3.97. The van der Waals surface area contributed by atoms with Crippen LogP contribution in [0.2, 0.25) is 0 Å². The lowest BCUT2D eigenvalue weighted by molar-refractivity contribution is -0.134. The predicted molar refractivity (Wildman–Crippen MR) is 196 cm³/mol. The first-order valence-corrected chi connectivity index (χ1v) is 17.8. The maximum absolute atomic E-state index is 12.8. The van der Waals surface area contributed by atoms with Crippen molar-refractivity contribution >= 4 is 40.3 Å². The zero-order valence-corrected chi connectivity index (χ0v) is 29.4. The fourth-order valence-electron chi connectivity index (χ4n) is 6.79. The Morgan fingerprint density at radius 3 is 2.56 bits per heavy atom. The minimum Gasteiger partial charge on any atom is -0.340 e. The number of fused-ring (bicyclic) bond motifs is 2. The maximum atomic E-state index is 12.8. The van der Waals surface area contributed by atoms with E-state index in [1.807, 2.05) is 29.3 Å². The van der Waals surface area contributed by atoms with Crippen LogP contribution in [0.5, 0.6) is 0 Å². The van der Waals surface area contributed by atoms with Crippen molar-refractivity contribution in [3.63, 3.8) is 0 Å². The molecule has 2 aliphatic heterocycles. The Morgan fingerprint density at radius 1 is 0.926 bits per heavy atom. The quantitative estimate of drug-likeness (QED) is 0.168. The smallest absolute Gasteiger partial charge is 0.270 e. The van der Waals surface area contributed by atoms with Crippen LogP contribution < -0.4 is 16.0 Å². The molecule has 5 aromatic rings. The molecule has 4 aromatic heterocycles. The van der Waals surface area contributed by atoms with Crippen LogP contribution >= 0.6 is 0 Å². The number of pyridine rings is 3. The van der Waals surface area contributed by atoms with Crippen molar-refractivity contribution in [3.05, 3.63) is 95.6 Å². The summed E-state index contributed by atoms with van der Waals surface area (Å²) in [5.74, 6) is 5.42. The largest absolute Gasteiger partial charge is 0.340 e. The van der Waals surface area contributed by atoms with Crippen LogP contribution in [0.1, 0.15) is 76.7 Å². The first-order valence-electron chi connectivity index (χ1n) is 17.8. The topological polar surface area (TPSA) is 181 Å². The number of rotatable bonds is 7. The van der Waals surface area contributed by atoms with Gasteiger partial charge >= 0.3 is 0 Å². The van der Waals surface area contributed by atoms with Gasteiger partial charge in [0.05, 0.1) is 30.2 Å². The molecule has 0 spiro atoms. The third-order valence-corrected chi connectivity index (χ3v) is 9.82. The van der Waals surface area contributed by atoms with Crippen LogP contribution in [0, 0.1) is 11.8 Å². The second-order valence-electron chi connectivity index (χ2n) is 13.5. The molecule has 0 radical (unpaired) electrons. The molecule has 3 N–H and O–H groups in total. The van der Waals surface area contributed by atoms with Crippen molar-refractivity contribution in [1.82, 2.24) is 45.4 Å². The molecule has 1 aromatic carbocycles. The van der Waals surface area contributed by atoms with E-state index in [9.17, 15) is 24.0 Å². The molecule has 6 heterocycles. The second-order valence-corrected chi connectivity index (χ2v) is 13.5. The summed E-state index contributed by atoms with van der Waals surface area (Å²) in [4.78, 5) is 81.5. The summed E-state index contributed by atoms with van der Waals surface area (Å²) in [6.07, 6.45) is 6.10. The van der Waals surface area contributed by atoms with Gasteiger partial charge in [0.2, 0.25) is 17.7 Å². The van der Waals surface area contributed by atoms with Crippen LogP contribution in [-0.4, -0.2) is 78.1 Å². The zero-order chi connectivity index (χ0) is 37.3. The molecule has 1 saturated heterocycles. The third-order valence-electron chi connectivity index (χ3n) is 9.82. The lowest BCUT2D eigenvalue weighted by atomic mass is 10.0. The highest BCUT2D eigenvalue weighted by atomic mass is 16.2. The van der Waals surface area contributed by atoms with Gasteiger partial charge in [-0.05, 0) is 60.9 Å². The normalized spacial score (nSPS) is 16.5. The van der Waals surface area contributed by atoms with Crippen LogP contribution in [0.15, 0.2) is 67.0 Å². The van der Waals surface area contributed by atoms with Gasteiger partial charge in [-0.15, -0.1) is 0 Å². The van der Waals surface area contributed by atoms with Gasteiger partial charge < -0.3 is 20.1 Å². The fraction of sp³-hybridized carbons (Fsp3) is 0.275. The number of nitrogens with zero attached hydrogens (tertiary/aromatic N) is 6. The highest BCUT2D eigenvalue weighted by Crippen LogP contribution is 2.43. The van der Waals surface area contributed by atoms with E-state index in [1.54, 1.807) is 37.4 Å². The first-order chi connectivity index (χ1) is 26.2. The molecule has 8 rings (SSSR count). The van der Waals surface area contributed by atoms with E-state index in [1.165, 1.54) is 6.07 Å². The SMILES string of the molecule is CC(=O)N1CCn2c(C3CC3)nc(-c3cccc4cc(-c5ccc(C(=O)NCC#Cc6cccc(C(=O)NC7CCC(=O)NC7=O)n6)nc5)ncc34)c2C1. The number of imidazole rings is 1. The van der Waals surface area contributed by atoms with Gasteiger partial charge in [-0.3, -0.25) is 39.3 Å². The van der Waals surface area contributed by atoms with Crippen LogP contribution in [0.25, 0.3) is 33.3 Å². The minimum atomic E-state index is -0.816. The van der Waals surface area contributed by atoms with Crippen LogP contribution in [-0.2, 0) is 27.5 Å². The molecule has 0 bridgehead atoms. The number of aromatic nitrogens is 5. The molecule has 2 fully saturated rings. The molecule has 54 heavy (non-hydrogen) atoms. The molecule has 1 saturated carbocycles. The summed E-state index contributed by atoms with van der Waals surface area (Å²) < 4.78 is 2.32. The molecule has 14 nitrogen and oxygen atoms in total. The van der Waals surface area contributed by atoms with Crippen LogP contribution in [0.3, 0.4) is 0 Å². The van der Waals surface area contributed by atoms with Gasteiger partial charge in [0, 0.05) is 61.3 Å². The van der Waals surface area contributed by atoms with E-state index < -0.39 is 23.8 Å². The number of benzene rings is 1. The maximum Gasteiger partial charge on any atom is 0.270 e. The van der Waals surface area contributed by atoms with Crippen LogP contribution in [0.4, 0.5) is 0 Å². The van der Waals surface area contributed by atoms with E-state index in [-0.39, 0.29) is 42.6 Å². The Morgan fingerprint density at radius 2 is 1.78 bits per heavy atom. The highest BCUT2D eigenvalue weighted by Gasteiger charge is 2.34. The van der Waals surface area contributed by atoms with E-state index in [4.69, 9.17) is 9.97 Å². The van der Waals surface area contributed by atoms with Gasteiger partial charge in [-0.1, -0.05) is 30.2 Å². The summed E-state index contributed by atoms with van der Waals surface area (Å²) >= 11 is 0. The first kappa shape index (κ1) is 34.3. The lowest BCUT2D eigenvalue weighted by Gasteiger charge is -2.28. The average molecular weight is 722 g/mol. The number of imide groups is 1. The third kappa shape index (κ3) is 7.03. The Hall–Kier alpha value is -6.75. The Labute approximate surface area is 309 Å². The zero-order valence-electron chi connectivity index (χ0n) is 29.4. The van der Waals surface area contributed by atoms with Crippen molar-refractivity contribution in [3.8, 4) is 34.4 Å². The monoisotopic (exact) mass is 721 g/mol. The standard InChI is InChI=1S/C40H35N9O5/c1-23(50)48-17-18-49-34(22-48)36(47-37(49)24-10-11-24)28-8-2-5-25-19-33(43-21-29(25)28)26-12-13-30(42-20-26)38(52)41-16-4-7-27-6-3-9-31(44-27)39(53)45-32-14-15-35(51)46-40(32)54/h2-3,5-6,8-9,12-13,19-21,24,32H,10-11,14-18,22H2,1H3,(H,41,52)(H,45,53)(H,46,51,54). The molecule has 1 aliphatic carbocycles. The molecular formula is C40H35N9O5. The minimum absolute atomic E-state index is 0.0140. The number of piperidine rings is 1. The van der Waals surface area contributed by atoms with Gasteiger partial charge in [0.25, 0.3) is 11.8 Å². The summed E-state index contributed by atoms with van der Waals surface area (Å²) in [5, 5.41) is 9.46. The number of carbonyl (C=O) groups excluding carboxylic acids is 5. The van der Waals surface area contributed by atoms with E-state index in [2.05, 4.69) is 48.4 Å². The van der Waals surface area contributed by atoms with Crippen molar-refractivity contribution in [2.75, 3.05) is 13.1 Å².